The highest BCUT2D eigenvalue weighted by Crippen LogP contribution is 2.31. The molecule has 1 aliphatic heterocycles. The van der Waals surface area contributed by atoms with E-state index in [0.717, 1.165) is 61.2 Å². The molecule has 0 aliphatic carbocycles. The summed E-state index contributed by atoms with van der Waals surface area (Å²) in [7, 11) is 3.31. The van der Waals surface area contributed by atoms with E-state index in [2.05, 4.69) is 25.4 Å². The molecule has 0 spiro atoms. The highest BCUT2D eigenvalue weighted by Gasteiger charge is 2.18. The standard InChI is InChI=1S/C34H42N6O5/c1-24(44-3)11-18-39(27-6-9-31-26(22-27)12-19-40(31)34(43)35-2)28-10-15-36-32(23-28)37-33(42)25-4-7-30(8-5-25)45-21-20-38-16-13-29(41)14-17-38/h4-10,12,15,19,22-24,29,41H,11,13-14,16-18,20-21H2,1-3H3,(H,35,43)(H,36,37,42). The fraction of sp³-hybridized carbons (Fsp3) is 0.382. The third-order valence-corrected chi connectivity index (χ3v) is 8.23. The van der Waals surface area contributed by atoms with Crippen molar-refractivity contribution in [1.82, 2.24) is 19.8 Å². The van der Waals surface area contributed by atoms with Gasteiger partial charge in [-0.3, -0.25) is 14.3 Å². The molecule has 5 rings (SSSR count). The van der Waals surface area contributed by atoms with Crippen molar-refractivity contribution in [2.75, 3.05) is 57.2 Å². The van der Waals surface area contributed by atoms with Crippen LogP contribution in [0.15, 0.2) is 73.1 Å². The maximum atomic E-state index is 13.1. The maximum Gasteiger partial charge on any atom is 0.325 e. The molecule has 1 fully saturated rings. The summed E-state index contributed by atoms with van der Waals surface area (Å²) in [4.78, 5) is 34.2. The van der Waals surface area contributed by atoms with Crippen LogP contribution in [0.3, 0.4) is 0 Å². The number of benzene rings is 2. The highest BCUT2D eigenvalue weighted by atomic mass is 16.5. The van der Waals surface area contributed by atoms with Crippen LogP contribution in [0.2, 0.25) is 0 Å². The van der Waals surface area contributed by atoms with Gasteiger partial charge in [0.05, 0.1) is 17.7 Å². The van der Waals surface area contributed by atoms with Crippen LogP contribution in [0, 0.1) is 0 Å². The van der Waals surface area contributed by atoms with Gasteiger partial charge in [0.2, 0.25) is 0 Å². The average molecular weight is 615 g/mol. The van der Waals surface area contributed by atoms with Crippen molar-refractivity contribution < 1.29 is 24.2 Å². The minimum atomic E-state index is -0.269. The first-order chi connectivity index (χ1) is 21.8. The van der Waals surface area contributed by atoms with Gasteiger partial charge in [0.25, 0.3) is 5.91 Å². The number of nitrogens with one attached hydrogen (secondary N) is 2. The number of aliphatic hydroxyl groups is 1. The molecule has 1 aliphatic rings. The second kappa shape index (κ2) is 15.0. The summed E-state index contributed by atoms with van der Waals surface area (Å²) in [5, 5.41) is 16.2. The predicted octanol–water partition coefficient (Wildman–Crippen LogP) is 4.87. The summed E-state index contributed by atoms with van der Waals surface area (Å²) in [5.41, 5.74) is 3.11. The lowest BCUT2D eigenvalue weighted by Gasteiger charge is -2.29. The molecule has 1 saturated heterocycles. The monoisotopic (exact) mass is 614 g/mol. The third kappa shape index (κ3) is 8.18. The van der Waals surface area contributed by atoms with E-state index < -0.39 is 0 Å². The van der Waals surface area contributed by atoms with Gasteiger partial charge in [-0.15, -0.1) is 0 Å². The molecule has 45 heavy (non-hydrogen) atoms. The number of carbonyl (C=O) groups is 2. The zero-order valence-corrected chi connectivity index (χ0v) is 26.1. The Kier molecular flexibility index (Phi) is 10.7. The van der Waals surface area contributed by atoms with Gasteiger partial charge in [0, 0.05) is 81.1 Å². The number of ether oxygens (including phenoxy) is 2. The number of likely N-dealkylation sites (tertiary alicyclic amines) is 1. The smallest absolute Gasteiger partial charge is 0.325 e. The van der Waals surface area contributed by atoms with E-state index in [1.807, 2.05) is 43.3 Å². The van der Waals surface area contributed by atoms with Gasteiger partial charge >= 0.3 is 6.03 Å². The van der Waals surface area contributed by atoms with E-state index in [-0.39, 0.29) is 24.1 Å². The van der Waals surface area contributed by atoms with E-state index in [9.17, 15) is 14.7 Å². The topological polar surface area (TPSA) is 121 Å². The van der Waals surface area contributed by atoms with Gasteiger partial charge in [-0.25, -0.2) is 9.78 Å². The molecule has 11 heteroatoms. The number of anilines is 3. The number of aliphatic hydroxyl groups excluding tert-OH is 1. The van der Waals surface area contributed by atoms with Gasteiger partial charge in [-0.2, -0.15) is 0 Å². The normalized spacial score (nSPS) is 14.7. The zero-order valence-electron chi connectivity index (χ0n) is 26.1. The third-order valence-electron chi connectivity index (χ3n) is 8.23. The van der Waals surface area contributed by atoms with Crippen LogP contribution in [-0.4, -0.2) is 90.6 Å². The summed E-state index contributed by atoms with van der Waals surface area (Å²) in [6, 6.07) is 18.5. The molecule has 0 saturated carbocycles. The molecule has 1 unspecified atom stereocenters. The first-order valence-corrected chi connectivity index (χ1v) is 15.4. The summed E-state index contributed by atoms with van der Waals surface area (Å²) in [6.07, 6.45) is 5.68. The Morgan fingerprint density at radius 2 is 1.82 bits per heavy atom. The number of aromatic nitrogens is 2. The lowest BCUT2D eigenvalue weighted by molar-refractivity contribution is 0.0755. The molecule has 1 atom stereocenters. The maximum absolute atomic E-state index is 13.1. The van der Waals surface area contributed by atoms with E-state index in [1.54, 1.807) is 55.4 Å². The van der Waals surface area contributed by atoms with Crippen LogP contribution >= 0.6 is 0 Å². The zero-order chi connectivity index (χ0) is 31.8. The van der Waals surface area contributed by atoms with Crippen molar-refractivity contribution in [3.63, 3.8) is 0 Å². The van der Waals surface area contributed by atoms with Crippen molar-refractivity contribution in [2.45, 2.75) is 38.4 Å². The van der Waals surface area contributed by atoms with Gasteiger partial charge in [0.15, 0.2) is 0 Å². The second-order valence-corrected chi connectivity index (χ2v) is 11.3. The highest BCUT2D eigenvalue weighted by molar-refractivity contribution is 6.04. The van der Waals surface area contributed by atoms with Gasteiger partial charge in [-0.05, 0) is 80.8 Å². The van der Waals surface area contributed by atoms with Crippen molar-refractivity contribution in [3.8, 4) is 5.75 Å². The molecule has 0 bridgehead atoms. The molecule has 2 aromatic carbocycles. The van der Waals surface area contributed by atoms with Gasteiger partial charge in [-0.1, -0.05) is 0 Å². The van der Waals surface area contributed by atoms with Crippen molar-refractivity contribution in [2.24, 2.45) is 0 Å². The van der Waals surface area contributed by atoms with Crippen LogP contribution in [0.5, 0.6) is 5.75 Å². The van der Waals surface area contributed by atoms with Crippen molar-refractivity contribution in [3.05, 3.63) is 78.6 Å². The van der Waals surface area contributed by atoms with E-state index in [4.69, 9.17) is 9.47 Å². The first kappa shape index (κ1) is 32.0. The van der Waals surface area contributed by atoms with E-state index in [1.165, 1.54) is 0 Å². The van der Waals surface area contributed by atoms with Crippen molar-refractivity contribution >= 4 is 40.0 Å². The van der Waals surface area contributed by atoms with Crippen LogP contribution in [0.4, 0.5) is 22.0 Å². The van der Waals surface area contributed by atoms with Crippen LogP contribution in [-0.2, 0) is 4.74 Å². The number of carbonyl (C=O) groups excluding carboxylic acids is 2. The molecule has 238 valence electrons. The fourth-order valence-corrected chi connectivity index (χ4v) is 5.41. The molecular weight excluding hydrogens is 572 g/mol. The van der Waals surface area contributed by atoms with E-state index in [0.29, 0.717) is 30.3 Å². The first-order valence-electron chi connectivity index (χ1n) is 15.4. The Morgan fingerprint density at radius 1 is 1.07 bits per heavy atom. The number of methoxy groups -OCH3 is 1. The summed E-state index contributed by atoms with van der Waals surface area (Å²) in [6.45, 7) is 5.80. The lowest BCUT2D eigenvalue weighted by atomic mass is 10.1. The number of hydrogen-bond acceptors (Lipinski definition) is 8. The molecule has 4 aromatic rings. The average Bonchev–Trinajstić information content (AvgIpc) is 3.49. The van der Waals surface area contributed by atoms with Crippen molar-refractivity contribution in [1.29, 1.82) is 0 Å². The Balaban J connectivity index is 1.26. The minimum absolute atomic E-state index is 0.0531. The number of pyridine rings is 1. The number of amides is 2. The fourth-order valence-electron chi connectivity index (χ4n) is 5.41. The summed E-state index contributed by atoms with van der Waals surface area (Å²) in [5.74, 6) is 0.864. The van der Waals surface area contributed by atoms with Crippen LogP contribution in [0.25, 0.3) is 10.9 Å². The Labute approximate surface area is 263 Å². The van der Waals surface area contributed by atoms with Gasteiger partial charge in [0.1, 0.15) is 18.2 Å². The molecular formula is C34H42N6O5. The summed E-state index contributed by atoms with van der Waals surface area (Å²) >= 11 is 0. The molecule has 2 amide bonds. The number of hydrogen-bond donors (Lipinski definition) is 3. The van der Waals surface area contributed by atoms with E-state index >= 15 is 0 Å². The molecule has 3 heterocycles. The summed E-state index contributed by atoms with van der Waals surface area (Å²) < 4.78 is 13.0. The Hall–Kier alpha value is -4.45. The Bertz CT molecular complexity index is 1580. The molecule has 0 radical (unpaired) electrons. The van der Waals surface area contributed by atoms with Crippen LogP contribution in [0.1, 0.15) is 36.5 Å². The number of fused-ring (bicyclic) bond motifs is 1. The van der Waals surface area contributed by atoms with Crippen LogP contribution < -0.4 is 20.3 Å². The predicted molar refractivity (Wildman–Crippen MR) is 176 cm³/mol. The molecule has 11 nitrogen and oxygen atoms in total. The number of nitrogens with zero attached hydrogens (tertiary/aromatic N) is 4. The largest absolute Gasteiger partial charge is 0.492 e. The second-order valence-electron chi connectivity index (χ2n) is 11.3. The quantitative estimate of drug-likeness (QED) is 0.207. The lowest BCUT2D eigenvalue weighted by Crippen LogP contribution is -2.38. The number of rotatable bonds is 12. The molecule has 2 aromatic heterocycles. The number of piperidine rings is 1. The minimum Gasteiger partial charge on any atom is -0.492 e. The SMILES string of the molecule is CNC(=O)n1ccc2cc(N(CCC(C)OC)c3ccnc(NC(=O)c4ccc(OCCN5CCC(O)CC5)cc4)c3)ccc21. The van der Waals surface area contributed by atoms with Gasteiger partial charge < -0.3 is 30.1 Å². The Morgan fingerprint density at radius 3 is 2.56 bits per heavy atom. The molecule has 3 N–H and O–H groups in total.